The highest BCUT2D eigenvalue weighted by Crippen LogP contribution is 2.27. The molecule has 3 N–H and O–H groups in total. The van der Waals surface area contributed by atoms with Crippen LogP contribution < -0.4 is 10.9 Å². The van der Waals surface area contributed by atoms with E-state index in [0.29, 0.717) is 24.4 Å². The highest BCUT2D eigenvalue weighted by Gasteiger charge is 2.36. The Hall–Kier alpha value is -2.18. The summed E-state index contributed by atoms with van der Waals surface area (Å²) in [6, 6.07) is -0.199. The Morgan fingerprint density at radius 3 is 2.36 bits per heavy atom. The zero-order valence-electron chi connectivity index (χ0n) is 13.2. The summed E-state index contributed by atoms with van der Waals surface area (Å²) in [7, 11) is 0. The second kappa shape index (κ2) is 5.55. The van der Waals surface area contributed by atoms with Gasteiger partial charge in [0, 0.05) is 11.5 Å². The third-order valence-corrected chi connectivity index (χ3v) is 3.86. The maximum atomic E-state index is 12.2. The van der Waals surface area contributed by atoms with Crippen molar-refractivity contribution in [2.24, 2.45) is 5.92 Å². The highest BCUT2D eigenvalue weighted by atomic mass is 16.4. The van der Waals surface area contributed by atoms with E-state index in [1.54, 1.807) is 6.92 Å². The monoisotopic (exact) mass is 307 g/mol. The summed E-state index contributed by atoms with van der Waals surface area (Å²) >= 11 is 0. The fourth-order valence-corrected chi connectivity index (χ4v) is 2.40. The summed E-state index contributed by atoms with van der Waals surface area (Å²) < 4.78 is 0. The van der Waals surface area contributed by atoms with Crippen LogP contribution in [0.25, 0.3) is 0 Å². The van der Waals surface area contributed by atoms with Crippen molar-refractivity contribution in [3.63, 3.8) is 0 Å². The molecule has 7 nitrogen and oxygen atoms in total. The minimum Gasteiger partial charge on any atom is -0.481 e. The van der Waals surface area contributed by atoms with Crippen LogP contribution in [0.4, 0.5) is 0 Å². The molecule has 22 heavy (non-hydrogen) atoms. The number of hydrogen-bond acceptors (Lipinski definition) is 4. The number of aromatic amines is 1. The van der Waals surface area contributed by atoms with Crippen molar-refractivity contribution in [2.45, 2.75) is 52.0 Å². The summed E-state index contributed by atoms with van der Waals surface area (Å²) in [5.41, 5.74) is -0.419. The van der Waals surface area contributed by atoms with Gasteiger partial charge in [-0.05, 0) is 19.8 Å². The Kier molecular flexibility index (Phi) is 4.08. The van der Waals surface area contributed by atoms with Gasteiger partial charge in [0.05, 0.1) is 11.6 Å². The number of aryl methyl sites for hydroxylation is 1. The van der Waals surface area contributed by atoms with E-state index in [-0.39, 0.29) is 17.0 Å². The molecule has 0 aliphatic heterocycles. The second-order valence-corrected chi connectivity index (χ2v) is 6.80. The van der Waals surface area contributed by atoms with Gasteiger partial charge in [-0.2, -0.15) is 0 Å². The summed E-state index contributed by atoms with van der Waals surface area (Å²) in [5.74, 6) is -1.23. The van der Waals surface area contributed by atoms with Crippen molar-refractivity contribution in [3.05, 3.63) is 27.4 Å². The lowest BCUT2D eigenvalue weighted by Crippen LogP contribution is -2.48. The van der Waals surface area contributed by atoms with Gasteiger partial charge in [-0.25, -0.2) is 4.98 Å². The molecule has 0 unspecified atom stereocenters. The lowest BCUT2D eigenvalue weighted by atomic mass is 9.80. The summed E-state index contributed by atoms with van der Waals surface area (Å²) in [6.07, 6.45) is 0.789. The molecule has 1 fully saturated rings. The Balaban J connectivity index is 2.14. The Labute approximate surface area is 128 Å². The largest absolute Gasteiger partial charge is 0.481 e. The van der Waals surface area contributed by atoms with Gasteiger partial charge in [0.25, 0.3) is 11.5 Å². The van der Waals surface area contributed by atoms with Crippen LogP contribution in [0.2, 0.25) is 0 Å². The predicted molar refractivity (Wildman–Crippen MR) is 79.9 cm³/mol. The minimum absolute atomic E-state index is 0.00762. The summed E-state index contributed by atoms with van der Waals surface area (Å²) in [5, 5.41) is 11.5. The first kappa shape index (κ1) is 16.2. The predicted octanol–water partition coefficient (Wildman–Crippen LogP) is 0.969. The van der Waals surface area contributed by atoms with Gasteiger partial charge >= 0.3 is 5.97 Å². The van der Waals surface area contributed by atoms with E-state index < -0.39 is 23.4 Å². The first-order chi connectivity index (χ1) is 10.1. The number of aromatic nitrogens is 2. The number of carboxylic acids is 1. The van der Waals surface area contributed by atoms with Crippen LogP contribution in [0, 0.1) is 12.8 Å². The molecule has 1 amide bonds. The molecule has 2 rings (SSSR count). The molecule has 120 valence electrons. The molecule has 1 aliphatic rings. The zero-order valence-corrected chi connectivity index (χ0v) is 13.2. The van der Waals surface area contributed by atoms with Crippen LogP contribution in [0.1, 0.15) is 55.5 Å². The highest BCUT2D eigenvalue weighted by molar-refractivity contribution is 5.95. The van der Waals surface area contributed by atoms with Crippen molar-refractivity contribution >= 4 is 11.9 Å². The average Bonchev–Trinajstić information content (AvgIpc) is 2.30. The number of rotatable bonds is 3. The maximum absolute atomic E-state index is 12.2. The number of hydrogen-bond donors (Lipinski definition) is 3. The lowest BCUT2D eigenvalue weighted by molar-refractivity contribution is -0.145. The normalized spacial score (nSPS) is 21.1. The van der Waals surface area contributed by atoms with E-state index in [2.05, 4.69) is 15.3 Å². The molecule has 1 aromatic heterocycles. The fourth-order valence-electron chi connectivity index (χ4n) is 2.40. The van der Waals surface area contributed by atoms with Gasteiger partial charge in [-0.1, -0.05) is 20.8 Å². The minimum atomic E-state index is -0.851. The van der Waals surface area contributed by atoms with E-state index in [0.717, 1.165) is 0 Å². The van der Waals surface area contributed by atoms with Crippen LogP contribution in [0.3, 0.4) is 0 Å². The van der Waals surface area contributed by atoms with Gasteiger partial charge in [-0.3, -0.25) is 14.4 Å². The van der Waals surface area contributed by atoms with E-state index in [1.165, 1.54) is 0 Å². The van der Waals surface area contributed by atoms with Crippen LogP contribution in [0.15, 0.2) is 4.79 Å². The van der Waals surface area contributed by atoms with E-state index in [1.807, 2.05) is 20.8 Å². The lowest BCUT2D eigenvalue weighted by Gasteiger charge is -2.32. The first-order valence-electron chi connectivity index (χ1n) is 7.24. The van der Waals surface area contributed by atoms with Crippen molar-refractivity contribution in [1.29, 1.82) is 0 Å². The van der Waals surface area contributed by atoms with Gasteiger partial charge in [0.1, 0.15) is 11.4 Å². The number of H-pyrrole nitrogens is 1. The number of nitrogens with zero attached hydrogens (tertiary/aromatic N) is 1. The SMILES string of the molecule is Cc1nc(C(C)(C)C)[nH]c(=O)c1C(=O)NC1CC(C(=O)O)C1. The molecular formula is C15H21N3O4. The van der Waals surface area contributed by atoms with Gasteiger partial charge < -0.3 is 15.4 Å². The molecule has 1 aliphatic carbocycles. The third-order valence-electron chi connectivity index (χ3n) is 3.86. The maximum Gasteiger partial charge on any atom is 0.306 e. The third kappa shape index (κ3) is 3.18. The molecule has 0 atom stereocenters. The number of aliphatic carboxylic acids is 1. The van der Waals surface area contributed by atoms with E-state index in [4.69, 9.17) is 5.11 Å². The number of carboxylic acid groups (broad SMARTS) is 1. The van der Waals surface area contributed by atoms with Gasteiger partial charge in [0.15, 0.2) is 0 Å². The van der Waals surface area contributed by atoms with Crippen molar-refractivity contribution in [2.75, 3.05) is 0 Å². The second-order valence-electron chi connectivity index (χ2n) is 6.80. The van der Waals surface area contributed by atoms with Crippen LogP contribution in [0.5, 0.6) is 0 Å². The summed E-state index contributed by atoms with van der Waals surface area (Å²) in [4.78, 5) is 42.1. The average molecular weight is 307 g/mol. The molecule has 0 saturated heterocycles. The van der Waals surface area contributed by atoms with Crippen molar-refractivity contribution in [3.8, 4) is 0 Å². The van der Waals surface area contributed by atoms with Crippen LogP contribution >= 0.6 is 0 Å². The van der Waals surface area contributed by atoms with E-state index in [9.17, 15) is 14.4 Å². The Morgan fingerprint density at radius 1 is 1.32 bits per heavy atom. The smallest absolute Gasteiger partial charge is 0.306 e. The molecule has 7 heteroatoms. The number of nitrogens with one attached hydrogen (secondary N) is 2. The Bertz CT molecular complexity index is 666. The Morgan fingerprint density at radius 2 is 1.91 bits per heavy atom. The van der Waals surface area contributed by atoms with Gasteiger partial charge in [-0.15, -0.1) is 0 Å². The molecule has 1 saturated carbocycles. The van der Waals surface area contributed by atoms with Crippen molar-refractivity contribution < 1.29 is 14.7 Å². The summed E-state index contributed by atoms with van der Waals surface area (Å²) in [6.45, 7) is 7.39. The quantitative estimate of drug-likeness (QED) is 0.770. The van der Waals surface area contributed by atoms with Crippen molar-refractivity contribution in [1.82, 2.24) is 15.3 Å². The fraction of sp³-hybridized carbons (Fsp3) is 0.600. The molecule has 0 aromatic carbocycles. The molecular weight excluding hydrogens is 286 g/mol. The number of carbonyl (C=O) groups is 2. The zero-order chi connectivity index (χ0) is 16.7. The first-order valence-corrected chi connectivity index (χ1v) is 7.24. The molecule has 0 bridgehead atoms. The van der Waals surface area contributed by atoms with Crippen LogP contribution in [-0.2, 0) is 10.2 Å². The molecule has 0 radical (unpaired) electrons. The van der Waals surface area contributed by atoms with E-state index >= 15 is 0 Å². The van der Waals surface area contributed by atoms with Gasteiger partial charge in [0.2, 0.25) is 0 Å². The number of carbonyl (C=O) groups excluding carboxylic acids is 1. The molecule has 1 heterocycles. The number of amides is 1. The molecule has 0 spiro atoms. The standard InChI is InChI=1S/C15H21N3O4/c1-7-10(12(20)18-14(16-7)15(2,3)4)11(19)17-9-5-8(6-9)13(21)22/h8-9H,5-6H2,1-4H3,(H,17,19)(H,21,22)(H,16,18,20). The molecule has 1 aromatic rings. The topological polar surface area (TPSA) is 112 Å². The van der Waals surface area contributed by atoms with Crippen LogP contribution in [-0.4, -0.2) is 33.0 Å².